The number of aliphatic carboxylic acids is 6. The van der Waals surface area contributed by atoms with E-state index in [4.69, 9.17) is 22.3 Å². The summed E-state index contributed by atoms with van der Waals surface area (Å²) in [5.41, 5.74) is 16.8. The first-order valence-electron chi connectivity index (χ1n) is 46.4. The van der Waals surface area contributed by atoms with Crippen LogP contribution in [-0.2, 0) is 125 Å². The van der Waals surface area contributed by atoms with E-state index in [2.05, 4.69) is 69.1 Å². The summed E-state index contributed by atoms with van der Waals surface area (Å²) < 4.78 is 0. The molecule has 3 saturated heterocycles. The molecule has 0 aromatic heterocycles. The number of nitrogens with two attached hydrogens (primary N) is 3. The maximum atomic E-state index is 14.6. The molecule has 0 saturated carbocycles. The van der Waals surface area contributed by atoms with Gasteiger partial charge >= 0.3 is 35.8 Å². The second-order valence-electron chi connectivity index (χ2n) is 35.4. The van der Waals surface area contributed by atoms with E-state index in [1.807, 2.05) is 16.0 Å². The molecule has 143 heavy (non-hydrogen) atoms. The number of aliphatic hydroxyl groups is 4. The predicted molar refractivity (Wildman–Crippen MR) is 487 cm³/mol. The number of hydrogen-bond donors (Lipinski definition) is 29. The average molecular weight is 2040 g/mol. The second kappa shape index (κ2) is 61.6. The summed E-state index contributed by atoms with van der Waals surface area (Å²) in [5, 5.41) is 136. The summed E-state index contributed by atoms with van der Waals surface area (Å²) in [6.45, 7) is 4.55. The van der Waals surface area contributed by atoms with E-state index in [9.17, 15) is 171 Å². The third-order valence-electron chi connectivity index (χ3n) is 22.6. The van der Waals surface area contributed by atoms with E-state index in [-0.39, 0.29) is 96.3 Å². The molecule has 3 fully saturated rings. The Morgan fingerprint density at radius 1 is 0.315 bits per heavy atom. The number of likely N-dealkylation sites (tertiary alicyclic amines) is 3. The fourth-order valence-electron chi connectivity index (χ4n) is 15.2. The van der Waals surface area contributed by atoms with Crippen LogP contribution in [0.15, 0.2) is 0 Å². The van der Waals surface area contributed by atoms with Crippen molar-refractivity contribution in [2.45, 2.75) is 305 Å². The molecule has 19 atom stereocenters. The van der Waals surface area contributed by atoms with Crippen molar-refractivity contribution < 1.29 is 176 Å². The monoisotopic (exact) mass is 2040 g/mol. The lowest BCUT2D eigenvalue weighted by Gasteiger charge is -2.32. The highest BCUT2D eigenvalue weighted by atomic mass is 16.4. The zero-order valence-electron chi connectivity index (χ0n) is 80.2. The lowest BCUT2D eigenvalue weighted by Crippen LogP contribution is -2.62. The summed E-state index contributed by atoms with van der Waals surface area (Å²) in [6, 6.07) is -29.4. The topological polar surface area (TPSA) is 926 Å². The molecule has 3 rings (SSSR count). The SMILES string of the molecule is CC(C)C[C@H](NC(=O)CNC(=O)[C@H](C)N)C(=O)N[C@@H](CCCCN)C(=O)N[C@@H](CCC(=O)O)C(=O)N[C@@H](CO)C(=O)N1CCC[C@H]1C(=O)N[C@@H](CC(C)C)C(=O)N[C@@H](CCC(N)=O)C(=O)N[C@H](C(=O)N1CCC[C@H]1C(=O)N[C@H](C(=O)N[C@@H](CCC(=O)O)C(=O)N[C@@H](CC(=O)O)C(=O)NCC(=O)N[C@@H](CO)C(=O)N[C@@H](CCC(=O)O)C(=O)N[C@@H](CCC(=O)O)C(=O)N1CCC[C@H]1C(=O)NCC(=O)O)[C@@H](C)O)[C@@H](C)O. The fraction of sp³-hybridized carbons (Fsp3) is 0.694. The summed E-state index contributed by atoms with van der Waals surface area (Å²) in [5.74, 6) is -32.8. The van der Waals surface area contributed by atoms with Crippen molar-refractivity contribution in [3.8, 4) is 0 Å². The minimum absolute atomic E-state index is 0.00450. The molecule has 32 N–H and O–H groups in total. The van der Waals surface area contributed by atoms with Crippen molar-refractivity contribution in [3.63, 3.8) is 0 Å². The van der Waals surface area contributed by atoms with Gasteiger partial charge in [0.1, 0.15) is 103 Å². The maximum Gasteiger partial charge on any atom is 0.322 e. The molecular weight excluding hydrogens is 1910 g/mol. The van der Waals surface area contributed by atoms with Crippen LogP contribution < -0.4 is 102 Å². The fourth-order valence-corrected chi connectivity index (χ4v) is 15.2. The molecule has 0 aromatic rings. The Balaban J connectivity index is 1.83. The second-order valence-corrected chi connectivity index (χ2v) is 35.4. The molecule has 3 aliphatic heterocycles. The maximum absolute atomic E-state index is 14.6. The molecule has 0 aromatic carbocycles. The molecule has 3 aliphatic rings. The molecule has 0 aliphatic carbocycles. The van der Waals surface area contributed by atoms with Gasteiger partial charge < -0.3 is 168 Å². The first kappa shape index (κ1) is 123. The summed E-state index contributed by atoms with van der Waals surface area (Å²) in [6.07, 6.45) is -12.3. The minimum atomic E-state index is -2.23. The van der Waals surface area contributed by atoms with Crippen LogP contribution in [0.3, 0.4) is 0 Å². The number of carbonyl (C=O) groups is 26. The van der Waals surface area contributed by atoms with E-state index in [1.54, 1.807) is 27.7 Å². The minimum Gasteiger partial charge on any atom is -0.481 e. The molecule has 0 spiro atoms. The number of nitrogens with zero attached hydrogens (tertiary/aromatic N) is 3. The Morgan fingerprint density at radius 2 is 0.650 bits per heavy atom. The van der Waals surface area contributed by atoms with Gasteiger partial charge in [-0.2, -0.15) is 0 Å². The van der Waals surface area contributed by atoms with E-state index >= 15 is 0 Å². The Hall–Kier alpha value is -14.0. The van der Waals surface area contributed by atoms with Crippen molar-refractivity contribution >= 4 is 154 Å². The molecule has 0 radical (unpaired) electrons. The highest BCUT2D eigenvalue weighted by Gasteiger charge is 2.46. The van der Waals surface area contributed by atoms with Gasteiger partial charge in [-0.15, -0.1) is 0 Å². The van der Waals surface area contributed by atoms with Crippen LogP contribution in [0.4, 0.5) is 0 Å². The van der Waals surface area contributed by atoms with Crippen LogP contribution in [0.1, 0.15) is 190 Å². The number of rotatable bonds is 65. The third kappa shape index (κ3) is 43.1. The van der Waals surface area contributed by atoms with Crippen molar-refractivity contribution in [2.24, 2.45) is 29.0 Å². The third-order valence-corrected chi connectivity index (χ3v) is 22.6. The van der Waals surface area contributed by atoms with Crippen LogP contribution in [-0.4, -0.2) is 394 Å². The Bertz CT molecular complexity index is 4540. The van der Waals surface area contributed by atoms with Crippen molar-refractivity contribution in [1.29, 1.82) is 0 Å². The van der Waals surface area contributed by atoms with Gasteiger partial charge in [-0.25, -0.2) is 0 Å². The van der Waals surface area contributed by atoms with E-state index < -0.39 is 378 Å². The Kier molecular flexibility index (Phi) is 53.1. The average Bonchev–Trinajstić information content (AvgIpc) is 1.71. The predicted octanol–water partition coefficient (Wildman–Crippen LogP) is -12.8. The quantitative estimate of drug-likeness (QED) is 0.0251. The molecule has 0 bridgehead atoms. The van der Waals surface area contributed by atoms with Gasteiger partial charge in [-0.1, -0.05) is 27.7 Å². The number of carboxylic acids is 6. The molecule has 58 nitrogen and oxygen atoms in total. The van der Waals surface area contributed by atoms with Crippen LogP contribution in [0.25, 0.3) is 0 Å². The molecule has 802 valence electrons. The standard InChI is InChI=1S/C85H136N22O36/c1-39(2)31-50(92-59(113)34-89-69(127)41(5)87)76(134)94-44(13-8-9-27-86)71(129)95-47(19-24-62(117)118)74(132)102-54(38-109)84(142)106-29-11-15-56(106)80(138)101-51(32-40(3)4)77(135)96-45(17-22-58(88)112)75(133)104-68(43(7)111)85(143)107-30-12-16-57(107)81(139)103-67(42(6)110)82(140)98-48(20-25-63(119)120)73(131)100-52(33-65(123)124)70(128)90-35-60(114)93-53(37-108)78(136)97-46(18-23-61(115)116)72(130)99-49(21-26-64(121)122)83(141)105-28-10-14-55(105)79(137)91-36-66(125)126/h39-57,67-68,108-111H,8-38,86-87H2,1-7H3,(H2,88,112)(H,89,127)(H,90,128)(H,91,137)(H,92,113)(H,93,114)(H,94,134)(H,95,129)(H,96,135)(H,97,136)(H,98,140)(H,99,130)(H,100,131)(H,101,138)(H,102,132)(H,103,139)(H,104,133)(H,115,116)(H,117,118)(H,119,120)(H,121,122)(H,123,124)(H,125,126)/t41-,42+,43+,44-,45-,46-,47-,48-,49-,50-,51-,52-,53-,54-,55-,56-,57-,67-,68-/m0/s1. The van der Waals surface area contributed by atoms with E-state index in [1.165, 1.54) is 6.92 Å². The zero-order chi connectivity index (χ0) is 108. The van der Waals surface area contributed by atoms with Gasteiger partial charge in [0.05, 0.1) is 51.0 Å². The highest BCUT2D eigenvalue weighted by molar-refractivity contribution is 6.03. The van der Waals surface area contributed by atoms with Gasteiger partial charge in [0.15, 0.2) is 0 Å². The van der Waals surface area contributed by atoms with Gasteiger partial charge in [0.25, 0.3) is 0 Å². The normalized spacial score (nSPS) is 17.7. The first-order valence-corrected chi connectivity index (χ1v) is 46.4. The molecule has 20 amide bonds. The smallest absolute Gasteiger partial charge is 0.322 e. The van der Waals surface area contributed by atoms with Crippen LogP contribution in [0, 0.1) is 11.8 Å². The number of unbranched alkanes of at least 4 members (excludes halogenated alkanes) is 1. The number of carboxylic acid groups (broad SMARTS) is 6. The van der Waals surface area contributed by atoms with Gasteiger partial charge in [0.2, 0.25) is 118 Å². The van der Waals surface area contributed by atoms with Crippen molar-refractivity contribution in [1.82, 2.24) is 99.8 Å². The van der Waals surface area contributed by atoms with Gasteiger partial charge in [0, 0.05) is 51.7 Å². The lowest BCUT2D eigenvalue weighted by atomic mass is 10.0. The van der Waals surface area contributed by atoms with E-state index in [0.717, 1.165) is 28.5 Å². The summed E-state index contributed by atoms with van der Waals surface area (Å²) in [4.78, 5) is 349. The summed E-state index contributed by atoms with van der Waals surface area (Å²) >= 11 is 0. The molecule has 0 unspecified atom stereocenters. The largest absolute Gasteiger partial charge is 0.481 e. The molecular formula is C85H136N22O36. The number of aliphatic hydroxyl groups excluding tert-OH is 4. The molecule has 3 heterocycles. The van der Waals surface area contributed by atoms with E-state index in [0.29, 0.717) is 6.42 Å². The number of amides is 20. The first-order chi connectivity index (χ1) is 67.1. The number of carbonyl (C=O) groups excluding carboxylic acids is 20. The number of hydrogen-bond acceptors (Lipinski definition) is 32. The highest BCUT2D eigenvalue weighted by Crippen LogP contribution is 2.25. The van der Waals surface area contributed by atoms with Gasteiger partial charge in [-0.3, -0.25) is 125 Å². The van der Waals surface area contributed by atoms with Crippen LogP contribution in [0.5, 0.6) is 0 Å². The zero-order valence-corrected chi connectivity index (χ0v) is 80.2. The van der Waals surface area contributed by atoms with Crippen molar-refractivity contribution in [2.75, 3.05) is 59.0 Å². The summed E-state index contributed by atoms with van der Waals surface area (Å²) in [7, 11) is 0. The molecule has 58 heteroatoms. The number of nitrogens with one attached hydrogen (secondary N) is 16. The van der Waals surface area contributed by atoms with Crippen molar-refractivity contribution in [3.05, 3.63) is 0 Å². The van der Waals surface area contributed by atoms with Gasteiger partial charge in [-0.05, 0) is 142 Å². The Labute approximate surface area is 819 Å². The van der Waals surface area contributed by atoms with Crippen LogP contribution >= 0.6 is 0 Å². The Morgan fingerprint density at radius 3 is 1.04 bits per heavy atom. The number of primary amides is 1. The van der Waals surface area contributed by atoms with Crippen LogP contribution in [0.2, 0.25) is 0 Å². The lowest BCUT2D eigenvalue weighted by molar-refractivity contribution is -0.145.